The minimum Gasteiger partial charge on any atom is -0.303 e. The lowest BCUT2D eigenvalue weighted by Gasteiger charge is -2.07. The first kappa shape index (κ1) is 8.44. The van der Waals surface area contributed by atoms with Gasteiger partial charge in [0.15, 0.2) is 0 Å². The Morgan fingerprint density at radius 3 is 2.00 bits per heavy atom. The van der Waals surface area contributed by atoms with E-state index in [9.17, 15) is 9.59 Å². The summed E-state index contributed by atoms with van der Waals surface area (Å²) in [5.74, 6) is -0.0579. The molecule has 0 amide bonds. The molecule has 1 rings (SSSR count). The number of rotatable bonds is 3. The maximum atomic E-state index is 10.7. The summed E-state index contributed by atoms with van der Waals surface area (Å²) in [4.78, 5) is 21.3. The van der Waals surface area contributed by atoms with E-state index >= 15 is 0 Å². The van der Waals surface area contributed by atoms with Crippen LogP contribution in [0.25, 0.3) is 0 Å². The topological polar surface area (TPSA) is 34.1 Å². The second kappa shape index (κ2) is 2.16. The fraction of sp³-hybridized carbons (Fsp3) is 0.778. The van der Waals surface area contributed by atoms with Crippen molar-refractivity contribution in [3.63, 3.8) is 0 Å². The molecule has 2 atom stereocenters. The molecule has 1 fully saturated rings. The third-order valence-electron chi connectivity index (χ3n) is 3.38. The predicted molar refractivity (Wildman–Crippen MR) is 42.1 cm³/mol. The number of carbonyl (C=O) groups is 2. The van der Waals surface area contributed by atoms with Crippen LogP contribution in [0.1, 0.15) is 27.2 Å². The van der Waals surface area contributed by atoms with Crippen molar-refractivity contribution in [1.29, 1.82) is 0 Å². The van der Waals surface area contributed by atoms with E-state index < -0.39 is 0 Å². The third-order valence-corrected chi connectivity index (χ3v) is 3.38. The van der Waals surface area contributed by atoms with Gasteiger partial charge >= 0.3 is 0 Å². The second-order valence-corrected chi connectivity index (χ2v) is 3.85. The fourth-order valence-corrected chi connectivity index (χ4v) is 2.21. The van der Waals surface area contributed by atoms with Gasteiger partial charge in [-0.1, -0.05) is 20.8 Å². The molecule has 1 saturated carbocycles. The van der Waals surface area contributed by atoms with Crippen LogP contribution in [0.5, 0.6) is 0 Å². The largest absolute Gasteiger partial charge is 0.303 e. The third kappa shape index (κ3) is 0.725. The molecule has 0 bridgehead atoms. The standard InChI is InChI=1S/C9H14O2/c1-4-9(6-11)7(5-10)8(9,2)3/h5-7H,4H2,1-3H3. The Hall–Kier alpha value is -0.660. The molecule has 2 unspecified atom stereocenters. The summed E-state index contributed by atoms with van der Waals surface area (Å²) in [5, 5.41) is 0. The van der Waals surface area contributed by atoms with Gasteiger partial charge < -0.3 is 9.59 Å². The molecular formula is C9H14O2. The van der Waals surface area contributed by atoms with E-state index in [2.05, 4.69) is 0 Å². The van der Waals surface area contributed by atoms with Gasteiger partial charge in [-0.15, -0.1) is 0 Å². The van der Waals surface area contributed by atoms with Crippen molar-refractivity contribution < 1.29 is 9.59 Å². The summed E-state index contributed by atoms with van der Waals surface area (Å²) in [5.41, 5.74) is -0.458. The van der Waals surface area contributed by atoms with Crippen molar-refractivity contribution in [3.05, 3.63) is 0 Å². The Balaban J connectivity index is 2.91. The molecule has 0 saturated heterocycles. The number of carbonyl (C=O) groups excluding carboxylic acids is 2. The molecule has 2 nitrogen and oxygen atoms in total. The summed E-state index contributed by atoms with van der Waals surface area (Å²) >= 11 is 0. The first-order valence-corrected chi connectivity index (χ1v) is 3.98. The van der Waals surface area contributed by atoms with E-state index in [1.165, 1.54) is 0 Å². The average Bonchev–Trinajstić information content (AvgIpc) is 2.47. The van der Waals surface area contributed by atoms with Crippen LogP contribution in [0.4, 0.5) is 0 Å². The number of hydrogen-bond donors (Lipinski definition) is 0. The van der Waals surface area contributed by atoms with Gasteiger partial charge in [-0.3, -0.25) is 0 Å². The van der Waals surface area contributed by atoms with Crippen LogP contribution in [0, 0.1) is 16.7 Å². The van der Waals surface area contributed by atoms with Gasteiger partial charge in [0.25, 0.3) is 0 Å². The zero-order valence-electron chi connectivity index (χ0n) is 7.26. The fourth-order valence-electron chi connectivity index (χ4n) is 2.21. The smallest absolute Gasteiger partial charge is 0.127 e. The summed E-state index contributed by atoms with van der Waals surface area (Å²) in [6, 6.07) is 0. The zero-order chi connectivity index (χ0) is 8.70. The Morgan fingerprint density at radius 1 is 1.36 bits per heavy atom. The molecule has 0 radical (unpaired) electrons. The molecule has 62 valence electrons. The maximum absolute atomic E-state index is 10.7. The van der Waals surface area contributed by atoms with Gasteiger partial charge in [0.1, 0.15) is 12.6 Å². The van der Waals surface area contributed by atoms with Crippen molar-refractivity contribution in [2.45, 2.75) is 27.2 Å². The highest BCUT2D eigenvalue weighted by Crippen LogP contribution is 2.68. The molecule has 0 aliphatic heterocycles. The maximum Gasteiger partial charge on any atom is 0.127 e. The molecule has 0 aromatic carbocycles. The van der Waals surface area contributed by atoms with Crippen molar-refractivity contribution in [1.82, 2.24) is 0 Å². The molecule has 2 heteroatoms. The van der Waals surface area contributed by atoms with E-state index in [1.54, 1.807) is 0 Å². The van der Waals surface area contributed by atoms with Gasteiger partial charge in [-0.25, -0.2) is 0 Å². The first-order chi connectivity index (χ1) is 5.06. The van der Waals surface area contributed by atoms with Gasteiger partial charge in [-0.05, 0) is 11.8 Å². The minimum atomic E-state index is -0.352. The van der Waals surface area contributed by atoms with E-state index in [1.807, 2.05) is 20.8 Å². The van der Waals surface area contributed by atoms with E-state index in [0.717, 1.165) is 19.0 Å². The molecule has 0 heterocycles. The summed E-state index contributed by atoms with van der Waals surface area (Å²) in [6.45, 7) is 5.91. The van der Waals surface area contributed by atoms with Crippen molar-refractivity contribution in [2.75, 3.05) is 0 Å². The number of hydrogen-bond acceptors (Lipinski definition) is 2. The van der Waals surface area contributed by atoms with Crippen molar-refractivity contribution in [2.24, 2.45) is 16.7 Å². The lowest BCUT2D eigenvalue weighted by Crippen LogP contribution is -2.09. The van der Waals surface area contributed by atoms with Crippen molar-refractivity contribution >= 4 is 12.6 Å². The Kier molecular flexibility index (Phi) is 1.66. The lowest BCUT2D eigenvalue weighted by atomic mass is 9.95. The quantitative estimate of drug-likeness (QED) is 0.576. The SMILES string of the molecule is CCC1(C=O)C(C=O)C1(C)C. The molecule has 0 N–H and O–H groups in total. The van der Waals surface area contributed by atoms with Crippen LogP contribution in [-0.2, 0) is 9.59 Å². The van der Waals surface area contributed by atoms with Crippen LogP contribution in [0.3, 0.4) is 0 Å². The average molecular weight is 154 g/mol. The monoisotopic (exact) mass is 154 g/mol. The minimum absolute atomic E-state index is 0.0579. The summed E-state index contributed by atoms with van der Waals surface area (Å²) < 4.78 is 0. The van der Waals surface area contributed by atoms with E-state index in [4.69, 9.17) is 0 Å². The highest BCUT2D eigenvalue weighted by atomic mass is 16.1. The Bertz CT molecular complexity index is 196. The molecule has 1 aliphatic rings. The van der Waals surface area contributed by atoms with Crippen LogP contribution in [0.15, 0.2) is 0 Å². The highest BCUT2D eigenvalue weighted by Gasteiger charge is 2.70. The predicted octanol–water partition coefficient (Wildman–Crippen LogP) is 1.44. The van der Waals surface area contributed by atoms with Gasteiger partial charge in [-0.2, -0.15) is 0 Å². The van der Waals surface area contributed by atoms with Crippen LogP contribution in [-0.4, -0.2) is 12.6 Å². The second-order valence-electron chi connectivity index (χ2n) is 3.85. The summed E-state index contributed by atoms with van der Waals surface area (Å²) in [7, 11) is 0. The molecule has 1 aliphatic carbocycles. The van der Waals surface area contributed by atoms with Crippen LogP contribution >= 0.6 is 0 Å². The molecule has 0 aromatic heterocycles. The van der Waals surface area contributed by atoms with Gasteiger partial charge in [0.05, 0.1) is 0 Å². The highest BCUT2D eigenvalue weighted by molar-refractivity contribution is 5.79. The molecular weight excluding hydrogens is 140 g/mol. The lowest BCUT2D eigenvalue weighted by molar-refractivity contribution is -0.116. The molecule has 0 spiro atoms. The van der Waals surface area contributed by atoms with Crippen LogP contribution < -0.4 is 0 Å². The molecule has 11 heavy (non-hydrogen) atoms. The normalized spacial score (nSPS) is 39.7. The van der Waals surface area contributed by atoms with E-state index in [0.29, 0.717) is 0 Å². The van der Waals surface area contributed by atoms with Gasteiger partial charge in [0, 0.05) is 11.3 Å². The molecule has 0 aromatic rings. The van der Waals surface area contributed by atoms with E-state index in [-0.39, 0.29) is 16.7 Å². The number of aldehydes is 2. The van der Waals surface area contributed by atoms with Gasteiger partial charge in [0.2, 0.25) is 0 Å². The Labute approximate surface area is 67.0 Å². The van der Waals surface area contributed by atoms with Crippen molar-refractivity contribution in [3.8, 4) is 0 Å². The first-order valence-electron chi connectivity index (χ1n) is 3.98. The Morgan fingerprint density at radius 2 is 1.91 bits per heavy atom. The summed E-state index contributed by atoms with van der Waals surface area (Å²) in [6.07, 6.45) is 2.64. The zero-order valence-corrected chi connectivity index (χ0v) is 7.26. The van der Waals surface area contributed by atoms with Crippen LogP contribution in [0.2, 0.25) is 0 Å².